The average molecular weight is 236 g/mol. The standard InChI is InChI=1S/C11H16N2.2C2H6/c1-6-3-8-4-9(6)11-7(2)13-12-5-10(8)11;2*1-2/h6,8-9,12H,3-5H2,1-2H3;2*1-2H3. The summed E-state index contributed by atoms with van der Waals surface area (Å²) in [5, 5.41) is 4.33. The van der Waals surface area contributed by atoms with Gasteiger partial charge in [-0.1, -0.05) is 34.6 Å². The highest BCUT2D eigenvalue weighted by Crippen LogP contribution is 2.52. The predicted octanol–water partition coefficient (Wildman–Crippen LogP) is 3.99. The van der Waals surface area contributed by atoms with Crippen LogP contribution in [-0.4, -0.2) is 12.3 Å². The van der Waals surface area contributed by atoms with Crippen molar-refractivity contribution >= 4 is 5.71 Å². The summed E-state index contributed by atoms with van der Waals surface area (Å²) in [5.74, 6) is 2.62. The summed E-state index contributed by atoms with van der Waals surface area (Å²) in [6, 6.07) is 0. The van der Waals surface area contributed by atoms with E-state index in [-0.39, 0.29) is 0 Å². The SMILES string of the molecule is CC.CC.CC1=NNCC2=C1C1CC2CC1C. The minimum absolute atomic E-state index is 0.839. The second-order valence-corrected chi connectivity index (χ2v) is 4.72. The van der Waals surface area contributed by atoms with Gasteiger partial charge in [0.2, 0.25) is 0 Å². The normalized spacial score (nSPS) is 32.6. The summed E-state index contributed by atoms with van der Waals surface area (Å²) in [6.45, 7) is 13.6. The molecule has 0 aromatic rings. The maximum absolute atomic E-state index is 4.33. The lowest BCUT2D eigenvalue weighted by molar-refractivity contribution is 0.466. The van der Waals surface area contributed by atoms with Gasteiger partial charge >= 0.3 is 0 Å². The van der Waals surface area contributed by atoms with Crippen LogP contribution in [0.2, 0.25) is 0 Å². The summed E-state index contributed by atoms with van der Waals surface area (Å²) in [5.41, 5.74) is 7.68. The molecule has 2 aliphatic carbocycles. The predicted molar refractivity (Wildman–Crippen MR) is 76.2 cm³/mol. The van der Waals surface area contributed by atoms with Crippen LogP contribution >= 0.6 is 0 Å². The summed E-state index contributed by atoms with van der Waals surface area (Å²) >= 11 is 0. The van der Waals surface area contributed by atoms with Crippen molar-refractivity contribution in [3.8, 4) is 0 Å². The van der Waals surface area contributed by atoms with E-state index in [1.165, 1.54) is 18.6 Å². The van der Waals surface area contributed by atoms with Crippen LogP contribution in [0.3, 0.4) is 0 Å². The quantitative estimate of drug-likeness (QED) is 0.675. The van der Waals surface area contributed by atoms with Gasteiger partial charge in [-0.15, -0.1) is 0 Å². The Morgan fingerprint density at radius 2 is 1.76 bits per heavy atom. The molecule has 1 fully saturated rings. The lowest BCUT2D eigenvalue weighted by atomic mass is 9.82. The molecule has 0 spiro atoms. The van der Waals surface area contributed by atoms with Gasteiger partial charge in [0.25, 0.3) is 0 Å². The van der Waals surface area contributed by atoms with Crippen LogP contribution in [-0.2, 0) is 0 Å². The molecule has 1 N–H and O–H groups in total. The van der Waals surface area contributed by atoms with Crippen LogP contribution in [0, 0.1) is 17.8 Å². The number of hydrogen-bond donors (Lipinski definition) is 1. The third-order valence-corrected chi connectivity index (χ3v) is 4.00. The van der Waals surface area contributed by atoms with Gasteiger partial charge in [0.15, 0.2) is 0 Å². The molecule has 2 nitrogen and oxygen atoms in total. The number of rotatable bonds is 0. The topological polar surface area (TPSA) is 24.4 Å². The first-order chi connectivity index (χ1) is 8.27. The van der Waals surface area contributed by atoms with E-state index >= 15 is 0 Å². The lowest BCUT2D eigenvalue weighted by Gasteiger charge is -2.27. The molecule has 1 heterocycles. The first-order valence-electron chi connectivity index (χ1n) is 7.28. The molecule has 0 aromatic heterocycles. The van der Waals surface area contributed by atoms with E-state index in [0.29, 0.717) is 0 Å². The molecule has 3 rings (SSSR count). The molecule has 3 aliphatic rings. The van der Waals surface area contributed by atoms with E-state index < -0.39 is 0 Å². The van der Waals surface area contributed by atoms with Crippen molar-refractivity contribution in [2.75, 3.05) is 6.54 Å². The van der Waals surface area contributed by atoms with Crippen LogP contribution in [0.5, 0.6) is 0 Å². The Morgan fingerprint density at radius 1 is 1.12 bits per heavy atom. The van der Waals surface area contributed by atoms with Crippen LogP contribution in [0.1, 0.15) is 54.4 Å². The average Bonchev–Trinajstić information content (AvgIpc) is 2.92. The van der Waals surface area contributed by atoms with Crippen molar-refractivity contribution in [2.24, 2.45) is 22.9 Å². The van der Waals surface area contributed by atoms with Crippen molar-refractivity contribution in [1.29, 1.82) is 0 Å². The fraction of sp³-hybridized carbons (Fsp3) is 0.800. The molecular formula is C15H28N2. The summed E-state index contributed by atoms with van der Waals surface area (Å²) < 4.78 is 0. The highest BCUT2D eigenvalue weighted by atomic mass is 15.3. The first kappa shape index (κ1) is 14.3. The van der Waals surface area contributed by atoms with E-state index in [2.05, 4.69) is 24.4 Å². The Hall–Kier alpha value is -0.790. The van der Waals surface area contributed by atoms with Gasteiger partial charge in [0, 0.05) is 0 Å². The Labute approximate surface area is 107 Å². The number of hydrazone groups is 1. The Balaban J connectivity index is 0.000000330. The molecule has 1 saturated carbocycles. The smallest absolute Gasteiger partial charge is 0.0607 e. The number of nitrogens with one attached hydrogen (secondary N) is 1. The second-order valence-electron chi connectivity index (χ2n) is 4.72. The highest BCUT2D eigenvalue weighted by Gasteiger charge is 2.44. The minimum atomic E-state index is 0.839. The van der Waals surface area contributed by atoms with Gasteiger partial charge < -0.3 is 5.43 Å². The van der Waals surface area contributed by atoms with Gasteiger partial charge in [0.05, 0.1) is 12.3 Å². The van der Waals surface area contributed by atoms with Gasteiger partial charge in [-0.2, -0.15) is 5.10 Å². The van der Waals surface area contributed by atoms with Crippen molar-refractivity contribution in [2.45, 2.75) is 54.4 Å². The molecule has 0 radical (unpaired) electrons. The molecule has 1 aliphatic heterocycles. The molecule has 3 atom stereocenters. The number of fused-ring (bicyclic) bond motifs is 4. The van der Waals surface area contributed by atoms with Gasteiger partial charge in [-0.25, -0.2) is 0 Å². The second kappa shape index (κ2) is 6.23. The summed E-state index contributed by atoms with van der Waals surface area (Å²) in [4.78, 5) is 0. The van der Waals surface area contributed by atoms with E-state index in [1.54, 1.807) is 11.1 Å². The third-order valence-electron chi connectivity index (χ3n) is 4.00. The Kier molecular flexibility index (Phi) is 5.23. The molecule has 2 heteroatoms. The maximum atomic E-state index is 4.33. The van der Waals surface area contributed by atoms with E-state index in [9.17, 15) is 0 Å². The maximum Gasteiger partial charge on any atom is 0.0607 e. The van der Waals surface area contributed by atoms with Crippen LogP contribution in [0.15, 0.2) is 16.2 Å². The van der Waals surface area contributed by atoms with Crippen LogP contribution in [0.25, 0.3) is 0 Å². The number of nitrogens with zero attached hydrogens (tertiary/aromatic N) is 1. The third kappa shape index (κ3) is 2.41. The van der Waals surface area contributed by atoms with Crippen LogP contribution in [0.4, 0.5) is 0 Å². The molecule has 98 valence electrons. The monoisotopic (exact) mass is 236 g/mol. The molecule has 0 aromatic carbocycles. The van der Waals surface area contributed by atoms with Crippen molar-refractivity contribution in [3.05, 3.63) is 11.1 Å². The Bertz CT molecular complexity index is 315. The molecule has 0 amide bonds. The Morgan fingerprint density at radius 3 is 2.41 bits per heavy atom. The minimum Gasteiger partial charge on any atom is -0.306 e. The summed E-state index contributed by atoms with van der Waals surface area (Å²) in [6.07, 6.45) is 2.82. The highest BCUT2D eigenvalue weighted by molar-refractivity contribution is 6.00. The molecule has 0 saturated heterocycles. The lowest BCUT2D eigenvalue weighted by Crippen LogP contribution is -2.27. The fourth-order valence-corrected chi connectivity index (χ4v) is 3.44. The van der Waals surface area contributed by atoms with Crippen LogP contribution < -0.4 is 5.43 Å². The van der Waals surface area contributed by atoms with E-state index in [0.717, 1.165) is 24.3 Å². The molecule has 2 bridgehead atoms. The number of allylic oxidation sites excluding steroid dienone is 1. The van der Waals surface area contributed by atoms with Crippen molar-refractivity contribution in [1.82, 2.24) is 5.43 Å². The van der Waals surface area contributed by atoms with Gasteiger partial charge in [0.1, 0.15) is 0 Å². The first-order valence-corrected chi connectivity index (χ1v) is 7.28. The molecular weight excluding hydrogens is 208 g/mol. The van der Waals surface area contributed by atoms with E-state index in [1.807, 2.05) is 27.7 Å². The largest absolute Gasteiger partial charge is 0.306 e. The van der Waals surface area contributed by atoms with Gasteiger partial charge in [-0.3, -0.25) is 0 Å². The zero-order chi connectivity index (χ0) is 13.0. The van der Waals surface area contributed by atoms with Gasteiger partial charge in [-0.05, 0) is 48.7 Å². The molecule has 3 unspecified atom stereocenters. The zero-order valence-electron chi connectivity index (χ0n) is 12.3. The molecule has 17 heavy (non-hydrogen) atoms. The summed E-state index contributed by atoms with van der Waals surface area (Å²) in [7, 11) is 0. The number of hydrogen-bond acceptors (Lipinski definition) is 2. The fourth-order valence-electron chi connectivity index (χ4n) is 3.44. The zero-order valence-corrected chi connectivity index (χ0v) is 12.3. The van der Waals surface area contributed by atoms with E-state index in [4.69, 9.17) is 0 Å². The van der Waals surface area contributed by atoms with Crippen molar-refractivity contribution < 1.29 is 0 Å². The van der Waals surface area contributed by atoms with Crippen molar-refractivity contribution in [3.63, 3.8) is 0 Å².